The molecule has 3 N–H and O–H groups in total. The quantitative estimate of drug-likeness (QED) is 0.435. The third kappa shape index (κ3) is 4.87. The van der Waals surface area contributed by atoms with Crippen molar-refractivity contribution in [2.24, 2.45) is 0 Å². The first-order valence-electron chi connectivity index (χ1n) is 9.12. The van der Waals surface area contributed by atoms with Gasteiger partial charge in [0.2, 0.25) is 5.91 Å². The molecule has 3 rings (SSSR count). The van der Waals surface area contributed by atoms with E-state index >= 15 is 0 Å². The monoisotopic (exact) mass is 388 g/mol. The zero-order valence-electron chi connectivity index (χ0n) is 15.8. The fourth-order valence-electron chi connectivity index (χ4n) is 2.74. The summed E-state index contributed by atoms with van der Waals surface area (Å²) in [5.41, 5.74) is 1.82. The van der Waals surface area contributed by atoms with Crippen LogP contribution in [0.15, 0.2) is 72.8 Å². The maximum Gasteiger partial charge on any atom is 0.259 e. The van der Waals surface area contributed by atoms with Gasteiger partial charge in [0.25, 0.3) is 5.91 Å². The summed E-state index contributed by atoms with van der Waals surface area (Å²) < 4.78 is 0. The number of ketones is 1. The first-order chi connectivity index (χ1) is 14.0. The van der Waals surface area contributed by atoms with Crippen molar-refractivity contribution < 1.29 is 19.5 Å². The van der Waals surface area contributed by atoms with E-state index in [9.17, 15) is 19.5 Å². The van der Waals surface area contributed by atoms with E-state index in [2.05, 4.69) is 10.6 Å². The van der Waals surface area contributed by atoms with E-state index in [1.807, 2.05) is 6.07 Å². The molecule has 0 fully saturated rings. The molecule has 0 aromatic heterocycles. The Morgan fingerprint density at radius 1 is 0.793 bits per heavy atom. The molecule has 0 aliphatic heterocycles. The van der Waals surface area contributed by atoms with Crippen molar-refractivity contribution in [1.82, 2.24) is 0 Å². The van der Waals surface area contributed by atoms with Crippen molar-refractivity contribution in [2.75, 3.05) is 10.6 Å². The average Bonchev–Trinajstić information content (AvgIpc) is 2.75. The Morgan fingerprint density at radius 2 is 1.48 bits per heavy atom. The smallest absolute Gasteiger partial charge is 0.259 e. The maximum absolute atomic E-state index is 12.6. The summed E-state index contributed by atoms with van der Waals surface area (Å²) >= 11 is 0. The molecule has 0 saturated heterocycles. The predicted molar refractivity (Wildman–Crippen MR) is 111 cm³/mol. The Hall–Kier alpha value is -3.93. The van der Waals surface area contributed by atoms with Crippen molar-refractivity contribution in [3.63, 3.8) is 0 Å². The average molecular weight is 388 g/mol. The van der Waals surface area contributed by atoms with Gasteiger partial charge < -0.3 is 15.7 Å². The van der Waals surface area contributed by atoms with Gasteiger partial charge in [-0.15, -0.1) is 0 Å². The third-order valence-electron chi connectivity index (χ3n) is 4.26. The highest BCUT2D eigenvalue weighted by Gasteiger charge is 2.15. The number of amides is 2. The molecule has 0 saturated carbocycles. The van der Waals surface area contributed by atoms with E-state index < -0.39 is 5.91 Å². The van der Waals surface area contributed by atoms with Gasteiger partial charge in [-0.2, -0.15) is 0 Å². The van der Waals surface area contributed by atoms with Gasteiger partial charge in [-0.1, -0.05) is 49.4 Å². The summed E-state index contributed by atoms with van der Waals surface area (Å²) in [6.07, 6.45) is 0.296. The van der Waals surface area contributed by atoms with Crippen molar-refractivity contribution in [3.8, 4) is 5.75 Å². The molecule has 0 atom stereocenters. The van der Waals surface area contributed by atoms with E-state index in [1.54, 1.807) is 55.5 Å². The fourth-order valence-corrected chi connectivity index (χ4v) is 2.74. The van der Waals surface area contributed by atoms with Crippen molar-refractivity contribution in [2.45, 2.75) is 13.3 Å². The van der Waals surface area contributed by atoms with Crippen molar-refractivity contribution in [1.29, 1.82) is 0 Å². The highest BCUT2D eigenvalue weighted by atomic mass is 16.3. The lowest BCUT2D eigenvalue weighted by Gasteiger charge is -2.10. The van der Waals surface area contributed by atoms with Crippen LogP contribution in [0.2, 0.25) is 0 Å². The minimum Gasteiger partial charge on any atom is -0.507 e. The van der Waals surface area contributed by atoms with Crippen LogP contribution in [0.3, 0.4) is 0 Å². The number of carbonyl (C=O) groups excluding carboxylic acids is 3. The molecule has 29 heavy (non-hydrogen) atoms. The Kier molecular flexibility index (Phi) is 6.04. The van der Waals surface area contributed by atoms with Crippen LogP contribution in [-0.4, -0.2) is 22.7 Å². The molecule has 0 bridgehead atoms. The fraction of sp³-hybridized carbons (Fsp3) is 0.0870. The van der Waals surface area contributed by atoms with Gasteiger partial charge in [-0.05, 0) is 30.3 Å². The molecular formula is C23H20N2O4. The molecule has 3 aromatic carbocycles. The molecule has 0 heterocycles. The Morgan fingerprint density at radius 3 is 2.21 bits per heavy atom. The van der Waals surface area contributed by atoms with E-state index in [-0.39, 0.29) is 23.0 Å². The second-order valence-corrected chi connectivity index (χ2v) is 6.36. The van der Waals surface area contributed by atoms with Gasteiger partial charge >= 0.3 is 0 Å². The van der Waals surface area contributed by atoms with Gasteiger partial charge in [0.1, 0.15) is 5.75 Å². The van der Waals surface area contributed by atoms with Gasteiger partial charge in [-0.3, -0.25) is 14.4 Å². The number of aromatic hydroxyl groups is 1. The minimum atomic E-state index is -0.556. The van der Waals surface area contributed by atoms with Crippen molar-refractivity contribution >= 4 is 29.0 Å². The van der Waals surface area contributed by atoms with Crippen molar-refractivity contribution in [3.05, 3.63) is 89.5 Å². The second-order valence-electron chi connectivity index (χ2n) is 6.36. The van der Waals surface area contributed by atoms with Crippen LogP contribution in [-0.2, 0) is 4.79 Å². The lowest BCUT2D eigenvalue weighted by atomic mass is 10.0. The Bertz CT molecular complexity index is 1060. The number of nitrogens with one attached hydrogen (secondary N) is 2. The molecule has 6 nitrogen and oxygen atoms in total. The molecular weight excluding hydrogens is 368 g/mol. The first-order valence-corrected chi connectivity index (χ1v) is 9.12. The molecule has 2 amide bonds. The maximum atomic E-state index is 12.6. The van der Waals surface area contributed by atoms with Gasteiger partial charge in [0.15, 0.2) is 5.78 Å². The van der Waals surface area contributed by atoms with Crippen LogP contribution < -0.4 is 10.6 Å². The highest BCUT2D eigenvalue weighted by Crippen LogP contribution is 2.23. The summed E-state index contributed by atoms with van der Waals surface area (Å²) in [6.45, 7) is 1.72. The molecule has 6 heteroatoms. The summed E-state index contributed by atoms with van der Waals surface area (Å²) in [7, 11) is 0. The third-order valence-corrected chi connectivity index (χ3v) is 4.26. The summed E-state index contributed by atoms with van der Waals surface area (Å²) in [5, 5.41) is 15.4. The van der Waals surface area contributed by atoms with E-state index in [1.165, 1.54) is 18.2 Å². The van der Waals surface area contributed by atoms with E-state index in [4.69, 9.17) is 0 Å². The number of rotatable bonds is 6. The predicted octanol–water partition coefficient (Wildman–Crippen LogP) is 4.22. The number of phenols is 1. The Labute approximate surface area is 168 Å². The van der Waals surface area contributed by atoms with E-state index in [0.29, 0.717) is 28.9 Å². The normalized spacial score (nSPS) is 10.2. The number of phenolic OH excluding ortho intramolecular Hbond substituents is 1. The number of hydrogen-bond donors (Lipinski definition) is 3. The lowest BCUT2D eigenvalue weighted by Crippen LogP contribution is -2.14. The SMILES string of the molecule is CCC(=O)Nc1ccc(O)c(C(=O)Nc2cccc(C(=O)c3ccccc3)c2)c1. The topological polar surface area (TPSA) is 95.5 Å². The zero-order chi connectivity index (χ0) is 20.8. The van der Waals surface area contributed by atoms with Crippen LogP contribution in [0.25, 0.3) is 0 Å². The van der Waals surface area contributed by atoms with Crippen LogP contribution >= 0.6 is 0 Å². The largest absolute Gasteiger partial charge is 0.507 e. The zero-order valence-corrected chi connectivity index (χ0v) is 15.8. The number of anilines is 2. The van der Waals surface area contributed by atoms with Crippen LogP contribution in [0, 0.1) is 0 Å². The van der Waals surface area contributed by atoms with E-state index in [0.717, 1.165) is 0 Å². The molecule has 0 aliphatic carbocycles. The number of hydrogen-bond acceptors (Lipinski definition) is 4. The molecule has 146 valence electrons. The summed E-state index contributed by atoms with van der Waals surface area (Å²) in [6, 6.07) is 19.7. The molecule has 0 aliphatic rings. The molecule has 0 radical (unpaired) electrons. The second kappa shape index (κ2) is 8.84. The summed E-state index contributed by atoms with van der Waals surface area (Å²) in [5.74, 6) is -1.13. The van der Waals surface area contributed by atoms with Crippen LogP contribution in [0.5, 0.6) is 5.75 Å². The standard InChI is InChI=1S/C23H20N2O4/c1-2-21(27)24-18-11-12-20(26)19(14-18)23(29)25-17-10-6-9-16(13-17)22(28)15-7-4-3-5-8-15/h3-14,26H,2H2,1H3,(H,24,27)(H,25,29). The Balaban J connectivity index is 1.80. The minimum absolute atomic E-state index is 0.0127. The van der Waals surface area contributed by atoms with Gasteiger partial charge in [0.05, 0.1) is 5.56 Å². The molecule has 3 aromatic rings. The number of carbonyl (C=O) groups is 3. The van der Waals surface area contributed by atoms with Gasteiger partial charge in [-0.25, -0.2) is 0 Å². The molecule has 0 unspecified atom stereocenters. The van der Waals surface area contributed by atoms with Gasteiger partial charge in [0, 0.05) is 28.9 Å². The number of benzene rings is 3. The molecule has 0 spiro atoms. The highest BCUT2D eigenvalue weighted by molar-refractivity contribution is 6.11. The van der Waals surface area contributed by atoms with Crippen LogP contribution in [0.4, 0.5) is 11.4 Å². The first kappa shape index (κ1) is 19.8. The summed E-state index contributed by atoms with van der Waals surface area (Å²) in [4.78, 5) is 36.8. The van der Waals surface area contributed by atoms with Crippen LogP contribution in [0.1, 0.15) is 39.6 Å². The lowest BCUT2D eigenvalue weighted by molar-refractivity contribution is -0.115.